The third kappa shape index (κ3) is 6.26. The van der Waals surface area contributed by atoms with Crippen LogP contribution in [0.25, 0.3) is 17.1 Å². The number of alkyl halides is 3. The summed E-state index contributed by atoms with van der Waals surface area (Å²) in [6.07, 6.45) is -3.49. The maximum absolute atomic E-state index is 12.4. The van der Waals surface area contributed by atoms with Crippen LogP contribution in [0, 0.1) is 6.92 Å². The Morgan fingerprint density at radius 2 is 1.69 bits per heavy atom. The minimum atomic E-state index is -4.75. The molecule has 180 valence electrons. The highest BCUT2D eigenvalue weighted by Crippen LogP contribution is 2.24. The molecule has 9 heteroatoms. The average Bonchev–Trinajstić information content (AvgIpc) is 3.29. The Morgan fingerprint density at radius 1 is 1.00 bits per heavy atom. The monoisotopic (exact) mass is 481 g/mol. The minimum Gasteiger partial charge on any atom is -0.458 e. The topological polar surface area (TPSA) is 66.2 Å². The molecule has 0 saturated carbocycles. The zero-order chi connectivity index (χ0) is 25.0. The van der Waals surface area contributed by atoms with Crippen molar-refractivity contribution < 1.29 is 27.4 Å². The molecule has 0 saturated heterocycles. The van der Waals surface area contributed by atoms with Crippen LogP contribution in [-0.2, 0) is 16.0 Å². The summed E-state index contributed by atoms with van der Waals surface area (Å²) in [5.74, 6) is -0.208. The minimum absolute atomic E-state index is 0.130. The van der Waals surface area contributed by atoms with E-state index in [0.717, 1.165) is 22.3 Å². The summed E-state index contributed by atoms with van der Waals surface area (Å²) in [4.78, 5) is 16.7. The normalized spacial score (nSPS) is 12.3. The van der Waals surface area contributed by atoms with E-state index in [0.29, 0.717) is 11.5 Å². The van der Waals surface area contributed by atoms with Crippen LogP contribution in [0.1, 0.15) is 29.7 Å². The highest BCUT2D eigenvalue weighted by atomic mass is 19.4. The number of benzene rings is 3. The molecule has 35 heavy (non-hydrogen) atoms. The molecular weight excluding hydrogens is 459 g/mol. The van der Waals surface area contributed by atoms with Crippen LogP contribution in [0.3, 0.4) is 0 Å². The molecule has 0 aliphatic rings. The maximum Gasteiger partial charge on any atom is 0.573 e. The van der Waals surface area contributed by atoms with E-state index in [9.17, 15) is 18.0 Å². The zero-order valence-corrected chi connectivity index (χ0v) is 19.0. The second-order valence-corrected chi connectivity index (χ2v) is 7.92. The maximum atomic E-state index is 12.4. The van der Waals surface area contributed by atoms with Gasteiger partial charge in [0.2, 0.25) is 0 Å². The molecule has 0 fully saturated rings. The second kappa shape index (κ2) is 10.0. The van der Waals surface area contributed by atoms with Gasteiger partial charge < -0.3 is 9.47 Å². The predicted molar refractivity (Wildman–Crippen MR) is 123 cm³/mol. The van der Waals surface area contributed by atoms with Crippen LogP contribution in [0.5, 0.6) is 5.75 Å². The molecule has 0 radical (unpaired) electrons. The summed E-state index contributed by atoms with van der Waals surface area (Å²) >= 11 is 0. The lowest BCUT2D eigenvalue weighted by Gasteiger charge is -2.15. The molecule has 1 unspecified atom stereocenters. The van der Waals surface area contributed by atoms with Gasteiger partial charge in [-0.1, -0.05) is 48.5 Å². The largest absolute Gasteiger partial charge is 0.573 e. The van der Waals surface area contributed by atoms with Crippen molar-refractivity contribution in [1.29, 1.82) is 0 Å². The summed E-state index contributed by atoms with van der Waals surface area (Å²) in [6, 6.07) is 20.3. The van der Waals surface area contributed by atoms with E-state index in [1.54, 1.807) is 24.3 Å². The molecule has 0 spiro atoms. The number of ether oxygens (including phenoxy) is 2. The van der Waals surface area contributed by atoms with Gasteiger partial charge in [-0.25, -0.2) is 9.67 Å². The number of hydrogen-bond acceptors (Lipinski definition) is 5. The molecule has 0 N–H and O–H groups in total. The highest BCUT2D eigenvalue weighted by Gasteiger charge is 2.31. The van der Waals surface area contributed by atoms with Crippen LogP contribution in [0.2, 0.25) is 0 Å². The van der Waals surface area contributed by atoms with Crippen LogP contribution in [0.15, 0.2) is 79.1 Å². The number of aryl methyl sites for hydroxylation is 1. The third-order valence-electron chi connectivity index (χ3n) is 5.32. The van der Waals surface area contributed by atoms with Crippen LogP contribution in [0.4, 0.5) is 13.2 Å². The Labute approximate surface area is 200 Å². The number of rotatable bonds is 7. The molecule has 4 aromatic rings. The Balaban J connectivity index is 1.38. The average molecular weight is 481 g/mol. The van der Waals surface area contributed by atoms with Crippen molar-refractivity contribution in [2.45, 2.75) is 32.7 Å². The summed E-state index contributed by atoms with van der Waals surface area (Å²) in [5.41, 5.74) is 4.08. The predicted octanol–water partition coefficient (Wildman–Crippen LogP) is 5.99. The van der Waals surface area contributed by atoms with Gasteiger partial charge in [-0.15, -0.1) is 18.3 Å². The lowest BCUT2D eigenvalue weighted by molar-refractivity contribution is -0.274. The van der Waals surface area contributed by atoms with E-state index in [4.69, 9.17) is 4.74 Å². The van der Waals surface area contributed by atoms with Crippen molar-refractivity contribution in [3.05, 3.63) is 95.8 Å². The fourth-order valence-electron chi connectivity index (χ4n) is 3.60. The molecule has 1 aromatic heterocycles. The van der Waals surface area contributed by atoms with E-state index in [1.165, 1.54) is 35.3 Å². The van der Waals surface area contributed by atoms with Gasteiger partial charge in [0, 0.05) is 5.56 Å². The summed E-state index contributed by atoms with van der Waals surface area (Å²) < 4.78 is 47.9. The molecule has 1 heterocycles. The van der Waals surface area contributed by atoms with Crippen LogP contribution >= 0.6 is 0 Å². The summed E-state index contributed by atoms with van der Waals surface area (Å²) in [7, 11) is 0. The SMILES string of the molecule is Cc1ccccc1C(C)OC(=O)Cc1ccc(-c2ncn(-c3ccc(OC(F)(F)F)cc3)n2)cc1. The van der Waals surface area contributed by atoms with Gasteiger partial charge in [-0.3, -0.25) is 4.79 Å². The van der Waals surface area contributed by atoms with Crippen LogP contribution in [-0.4, -0.2) is 27.1 Å². The summed E-state index contributed by atoms with van der Waals surface area (Å²) in [5, 5.41) is 4.38. The molecule has 0 amide bonds. The van der Waals surface area contributed by atoms with E-state index < -0.39 is 6.36 Å². The first kappa shape index (κ1) is 24.0. The molecule has 0 bridgehead atoms. The number of carbonyl (C=O) groups is 1. The number of hydrogen-bond donors (Lipinski definition) is 0. The van der Waals surface area contributed by atoms with Gasteiger partial charge >= 0.3 is 12.3 Å². The Bertz CT molecular complexity index is 1300. The number of halogens is 3. The number of aromatic nitrogens is 3. The highest BCUT2D eigenvalue weighted by molar-refractivity contribution is 5.73. The first-order valence-electron chi connectivity index (χ1n) is 10.8. The van der Waals surface area contributed by atoms with Gasteiger partial charge in [-0.05, 0) is 54.8 Å². The quantitative estimate of drug-likeness (QED) is 0.304. The van der Waals surface area contributed by atoms with Gasteiger partial charge in [0.1, 0.15) is 18.2 Å². The standard InChI is InChI=1S/C26H22F3N3O3/c1-17-5-3-4-6-23(17)18(2)34-24(33)15-19-7-9-20(10-8-19)25-30-16-32(31-25)21-11-13-22(14-12-21)35-26(27,28)29/h3-14,16,18H,15H2,1-2H3. The fourth-order valence-corrected chi connectivity index (χ4v) is 3.60. The third-order valence-corrected chi connectivity index (χ3v) is 5.32. The fraction of sp³-hybridized carbons (Fsp3) is 0.192. The first-order chi connectivity index (χ1) is 16.7. The van der Waals surface area contributed by atoms with Gasteiger partial charge in [0.15, 0.2) is 5.82 Å². The van der Waals surface area contributed by atoms with Crippen molar-refractivity contribution in [3.63, 3.8) is 0 Å². The molecule has 4 rings (SSSR count). The first-order valence-corrected chi connectivity index (χ1v) is 10.8. The Morgan fingerprint density at radius 3 is 2.34 bits per heavy atom. The van der Waals surface area contributed by atoms with Crippen molar-refractivity contribution >= 4 is 5.97 Å². The van der Waals surface area contributed by atoms with E-state index in [2.05, 4.69) is 14.8 Å². The Kier molecular flexibility index (Phi) is 6.86. The van der Waals surface area contributed by atoms with Gasteiger partial charge in [0.25, 0.3) is 0 Å². The van der Waals surface area contributed by atoms with Crippen LogP contribution < -0.4 is 4.74 Å². The van der Waals surface area contributed by atoms with E-state index >= 15 is 0 Å². The molecule has 1 atom stereocenters. The lowest BCUT2D eigenvalue weighted by Crippen LogP contribution is -2.17. The summed E-state index contributed by atoms with van der Waals surface area (Å²) in [6.45, 7) is 3.83. The van der Waals surface area contributed by atoms with E-state index in [1.807, 2.05) is 38.1 Å². The molecule has 0 aliphatic heterocycles. The second-order valence-electron chi connectivity index (χ2n) is 7.92. The van der Waals surface area contributed by atoms with Gasteiger partial charge in [-0.2, -0.15) is 0 Å². The van der Waals surface area contributed by atoms with E-state index in [-0.39, 0.29) is 24.2 Å². The van der Waals surface area contributed by atoms with Gasteiger partial charge in [0.05, 0.1) is 12.1 Å². The Hall–Kier alpha value is -4.14. The number of nitrogens with zero attached hydrogens (tertiary/aromatic N) is 3. The van der Waals surface area contributed by atoms with Crippen molar-refractivity contribution in [1.82, 2.24) is 14.8 Å². The molecular formula is C26H22F3N3O3. The molecule has 0 aliphatic carbocycles. The van der Waals surface area contributed by atoms with Crippen molar-refractivity contribution in [2.24, 2.45) is 0 Å². The number of carbonyl (C=O) groups excluding carboxylic acids is 1. The lowest BCUT2D eigenvalue weighted by atomic mass is 10.0. The number of esters is 1. The molecule has 6 nitrogen and oxygen atoms in total. The zero-order valence-electron chi connectivity index (χ0n) is 19.0. The smallest absolute Gasteiger partial charge is 0.458 e. The van der Waals surface area contributed by atoms with Crippen molar-refractivity contribution in [2.75, 3.05) is 0 Å². The van der Waals surface area contributed by atoms with Crippen molar-refractivity contribution in [3.8, 4) is 22.8 Å². The molecule has 3 aromatic carbocycles.